The smallest absolute Gasteiger partial charge is 0.319 e. The minimum absolute atomic E-state index is 0.115. The Bertz CT molecular complexity index is 1660. The molecule has 0 fully saturated rings. The third-order valence-electron chi connectivity index (χ3n) is 6.46. The van der Waals surface area contributed by atoms with E-state index < -0.39 is 21.4 Å². The van der Waals surface area contributed by atoms with Gasteiger partial charge in [-0.15, -0.1) is 23.5 Å². The number of carboxylic acids is 1. The third-order valence-corrected chi connectivity index (χ3v) is 9.10. The molecule has 0 saturated heterocycles. The van der Waals surface area contributed by atoms with E-state index in [4.69, 9.17) is 11.0 Å². The Balaban J connectivity index is 0.000000236. The lowest BCUT2D eigenvalue weighted by Crippen LogP contribution is -2.27. The lowest BCUT2D eigenvalue weighted by atomic mass is 10.1. The van der Waals surface area contributed by atoms with Crippen LogP contribution in [-0.4, -0.2) is 42.2 Å². The molecule has 2 heterocycles. The van der Waals surface area contributed by atoms with E-state index >= 15 is 0 Å². The Morgan fingerprint density at radius 3 is 1.60 bits per heavy atom. The van der Waals surface area contributed by atoms with E-state index in [1.165, 1.54) is 23.5 Å². The SMILES string of the molecule is CC(=O)C(C)(C)Sc1ccncc1-c1ccc(C(N)=O)cc1.CC(C)(Sc1ccncc1-c1ccc(C#N)cc1)C(=O)O. The largest absolute Gasteiger partial charge is 0.480 e. The Hall–Kier alpha value is -4.46. The van der Waals surface area contributed by atoms with E-state index in [1.54, 1.807) is 69.8 Å². The van der Waals surface area contributed by atoms with Crippen LogP contribution in [0, 0.1) is 11.3 Å². The van der Waals surface area contributed by atoms with Crippen molar-refractivity contribution in [1.29, 1.82) is 5.26 Å². The highest BCUT2D eigenvalue weighted by atomic mass is 32.2. The van der Waals surface area contributed by atoms with Crippen LogP contribution in [0.25, 0.3) is 22.3 Å². The number of amides is 1. The summed E-state index contributed by atoms with van der Waals surface area (Å²) in [5.41, 5.74) is 9.94. The van der Waals surface area contributed by atoms with E-state index in [-0.39, 0.29) is 5.78 Å². The van der Waals surface area contributed by atoms with Gasteiger partial charge in [0.1, 0.15) is 10.5 Å². The lowest BCUT2D eigenvalue weighted by molar-refractivity contribution is -0.138. The van der Waals surface area contributed by atoms with E-state index in [0.29, 0.717) is 11.1 Å². The predicted octanol–water partition coefficient (Wildman–Crippen LogP) is 6.88. The molecule has 0 saturated carbocycles. The molecule has 2 aromatic carbocycles. The number of primary amides is 1. The van der Waals surface area contributed by atoms with Gasteiger partial charge in [0.05, 0.1) is 16.4 Å². The molecule has 0 aliphatic carbocycles. The number of aliphatic carboxylic acids is 1. The number of aromatic nitrogens is 2. The standard InChI is InChI=1S/C17H18N2O2S.C16H14N2O2S/c1-11(20)17(2,3)22-15-8-9-19-10-14(15)12-4-6-13(7-5-12)16(18)21;1-16(2,15(19)20)21-14-7-8-18-10-13(14)12-5-3-11(9-17)4-6-12/h4-10H,1-3H3,(H2,18,21);3-8,10H,1-2H3,(H,19,20). The van der Waals surface area contributed by atoms with Gasteiger partial charge in [0, 0.05) is 51.3 Å². The summed E-state index contributed by atoms with van der Waals surface area (Å²) >= 11 is 2.79. The van der Waals surface area contributed by atoms with Crippen molar-refractivity contribution in [3.8, 4) is 28.3 Å². The van der Waals surface area contributed by atoms with Gasteiger partial charge in [-0.25, -0.2) is 0 Å². The summed E-state index contributed by atoms with van der Waals surface area (Å²) < 4.78 is -1.44. The number of hydrogen-bond acceptors (Lipinski definition) is 8. The average molecular weight is 613 g/mol. The summed E-state index contributed by atoms with van der Waals surface area (Å²) in [6, 6.07) is 20.0. The normalized spacial score (nSPS) is 11.1. The van der Waals surface area contributed by atoms with E-state index in [0.717, 1.165) is 32.0 Å². The van der Waals surface area contributed by atoms with Crippen molar-refractivity contribution in [1.82, 2.24) is 9.97 Å². The van der Waals surface area contributed by atoms with Crippen molar-refractivity contribution in [2.45, 2.75) is 53.9 Å². The quantitative estimate of drug-likeness (QED) is 0.193. The first kappa shape index (κ1) is 33.0. The van der Waals surface area contributed by atoms with Gasteiger partial charge in [-0.3, -0.25) is 24.4 Å². The number of thioether (sulfide) groups is 2. The molecule has 10 heteroatoms. The zero-order chi connectivity index (χ0) is 31.8. The van der Waals surface area contributed by atoms with Crippen LogP contribution >= 0.6 is 23.5 Å². The summed E-state index contributed by atoms with van der Waals surface area (Å²) in [5, 5.41) is 18.1. The van der Waals surface area contributed by atoms with Crippen LogP contribution in [0.1, 0.15) is 50.5 Å². The molecule has 8 nitrogen and oxygen atoms in total. The zero-order valence-electron chi connectivity index (χ0n) is 24.5. The van der Waals surface area contributed by atoms with Gasteiger partial charge < -0.3 is 10.8 Å². The second kappa shape index (κ2) is 14.1. The van der Waals surface area contributed by atoms with Gasteiger partial charge in [0.2, 0.25) is 5.91 Å². The van der Waals surface area contributed by atoms with Crippen LogP contribution in [-0.2, 0) is 9.59 Å². The maximum absolute atomic E-state index is 11.7. The Morgan fingerprint density at radius 1 is 0.767 bits per heavy atom. The van der Waals surface area contributed by atoms with Crippen molar-refractivity contribution in [3.05, 3.63) is 96.6 Å². The number of pyridine rings is 2. The molecule has 0 bridgehead atoms. The maximum atomic E-state index is 11.7. The number of nitrogens with two attached hydrogens (primary N) is 1. The second-order valence-corrected chi connectivity index (χ2v) is 13.8. The number of hydrogen-bond donors (Lipinski definition) is 2. The van der Waals surface area contributed by atoms with Gasteiger partial charge in [-0.1, -0.05) is 24.3 Å². The van der Waals surface area contributed by atoms with Crippen LogP contribution in [0.4, 0.5) is 0 Å². The highest BCUT2D eigenvalue weighted by Crippen LogP contribution is 2.40. The van der Waals surface area contributed by atoms with Crippen molar-refractivity contribution in [3.63, 3.8) is 0 Å². The van der Waals surface area contributed by atoms with Crippen LogP contribution in [0.15, 0.2) is 95.2 Å². The summed E-state index contributed by atoms with van der Waals surface area (Å²) in [5.74, 6) is -1.20. The summed E-state index contributed by atoms with van der Waals surface area (Å²) in [7, 11) is 0. The van der Waals surface area contributed by atoms with Crippen molar-refractivity contribution in [2.75, 3.05) is 0 Å². The Morgan fingerprint density at radius 2 is 1.21 bits per heavy atom. The first-order chi connectivity index (χ1) is 20.2. The highest BCUT2D eigenvalue weighted by molar-refractivity contribution is 8.01. The molecule has 0 spiro atoms. The average Bonchev–Trinajstić information content (AvgIpc) is 2.98. The summed E-state index contributed by atoms with van der Waals surface area (Å²) in [4.78, 5) is 44.3. The number of benzene rings is 2. The van der Waals surface area contributed by atoms with Crippen LogP contribution in [0.3, 0.4) is 0 Å². The van der Waals surface area contributed by atoms with Crippen LogP contribution in [0.5, 0.6) is 0 Å². The van der Waals surface area contributed by atoms with Crippen LogP contribution in [0.2, 0.25) is 0 Å². The van der Waals surface area contributed by atoms with E-state index in [1.807, 2.05) is 50.2 Å². The van der Waals surface area contributed by atoms with Gasteiger partial charge >= 0.3 is 5.97 Å². The number of Topliss-reactive ketones (excluding diaryl/α,β-unsaturated/α-hetero) is 1. The molecule has 4 rings (SSSR count). The fraction of sp³-hybridized carbons (Fsp3) is 0.212. The number of carboxylic acid groups (broad SMARTS) is 1. The van der Waals surface area contributed by atoms with E-state index in [9.17, 15) is 19.5 Å². The van der Waals surface area contributed by atoms with E-state index in [2.05, 4.69) is 16.0 Å². The topological polar surface area (TPSA) is 147 Å². The molecule has 1 amide bonds. The monoisotopic (exact) mass is 612 g/mol. The summed E-state index contributed by atoms with van der Waals surface area (Å²) in [6.45, 7) is 8.74. The number of ketones is 1. The van der Waals surface area contributed by atoms with Crippen molar-refractivity contribution in [2.24, 2.45) is 5.73 Å². The fourth-order valence-corrected chi connectivity index (χ4v) is 5.73. The molecule has 0 unspecified atom stereocenters. The molecule has 0 atom stereocenters. The molecule has 2 aromatic heterocycles. The molecule has 4 aromatic rings. The molecule has 0 radical (unpaired) electrons. The Labute approximate surface area is 259 Å². The lowest BCUT2D eigenvalue weighted by Gasteiger charge is -2.22. The van der Waals surface area contributed by atoms with Crippen molar-refractivity contribution >= 4 is 41.2 Å². The molecular weight excluding hydrogens is 581 g/mol. The van der Waals surface area contributed by atoms with Gasteiger partial charge in [-0.05, 0) is 82.1 Å². The Kier molecular flexibility index (Phi) is 10.9. The van der Waals surface area contributed by atoms with Gasteiger partial charge in [0.25, 0.3) is 0 Å². The summed E-state index contributed by atoms with van der Waals surface area (Å²) in [6.07, 6.45) is 6.83. The first-order valence-electron chi connectivity index (χ1n) is 13.2. The molecule has 43 heavy (non-hydrogen) atoms. The number of rotatable bonds is 9. The van der Waals surface area contributed by atoms with Crippen molar-refractivity contribution < 1.29 is 19.5 Å². The van der Waals surface area contributed by atoms with Crippen LogP contribution < -0.4 is 5.73 Å². The third kappa shape index (κ3) is 8.77. The van der Waals surface area contributed by atoms with Gasteiger partial charge in [0.15, 0.2) is 0 Å². The fourth-order valence-electron chi connectivity index (χ4n) is 3.58. The number of carbonyl (C=O) groups is 3. The zero-order valence-corrected chi connectivity index (χ0v) is 26.1. The number of carbonyl (C=O) groups excluding carboxylic acids is 2. The maximum Gasteiger partial charge on any atom is 0.319 e. The molecular formula is C33H32N4O4S2. The minimum atomic E-state index is -0.928. The number of nitriles is 1. The molecule has 0 aliphatic rings. The minimum Gasteiger partial charge on any atom is -0.480 e. The number of nitrogens with zero attached hydrogens (tertiary/aromatic N) is 3. The van der Waals surface area contributed by atoms with Gasteiger partial charge in [-0.2, -0.15) is 5.26 Å². The predicted molar refractivity (Wildman–Crippen MR) is 171 cm³/mol. The molecule has 0 aliphatic heterocycles. The molecule has 3 N–H and O–H groups in total. The molecule has 220 valence electrons. The first-order valence-corrected chi connectivity index (χ1v) is 14.8. The second-order valence-electron chi connectivity index (χ2n) is 10.5. The highest BCUT2D eigenvalue weighted by Gasteiger charge is 2.29.